The first-order valence-corrected chi connectivity index (χ1v) is 6.84. The van der Waals surface area contributed by atoms with E-state index in [-0.39, 0.29) is 16.8 Å². The highest BCUT2D eigenvalue weighted by atomic mass is 79.9. The Kier molecular flexibility index (Phi) is 5.25. The fourth-order valence-electron chi connectivity index (χ4n) is 2.00. The normalized spacial score (nSPS) is 28.2. The molecule has 0 radical (unpaired) electrons. The number of methoxy groups -OCH3 is 1. The molecule has 1 amide bonds. The summed E-state index contributed by atoms with van der Waals surface area (Å²) >= 11 is 3.47. The van der Waals surface area contributed by atoms with Crippen LogP contribution in [0.3, 0.4) is 0 Å². The summed E-state index contributed by atoms with van der Waals surface area (Å²) in [4.78, 5) is 14.0. The van der Waals surface area contributed by atoms with Crippen LogP contribution < -0.4 is 0 Å². The molecule has 4 heteroatoms. The molecule has 3 unspecified atom stereocenters. The zero-order chi connectivity index (χ0) is 12.3. The van der Waals surface area contributed by atoms with E-state index in [9.17, 15) is 4.79 Å². The molecule has 1 aliphatic rings. The van der Waals surface area contributed by atoms with Gasteiger partial charge in [-0.05, 0) is 18.3 Å². The molecule has 94 valence electrons. The molecule has 16 heavy (non-hydrogen) atoms. The molecule has 0 aromatic carbocycles. The summed E-state index contributed by atoms with van der Waals surface area (Å²) in [6, 6.07) is 0. The van der Waals surface area contributed by atoms with Gasteiger partial charge in [0.15, 0.2) is 0 Å². The van der Waals surface area contributed by atoms with Crippen LogP contribution in [0.4, 0.5) is 0 Å². The Bertz CT molecular complexity index is 245. The second-order valence-corrected chi connectivity index (χ2v) is 5.96. The van der Waals surface area contributed by atoms with Gasteiger partial charge in [-0.25, -0.2) is 0 Å². The minimum Gasteiger partial charge on any atom is -0.379 e. The summed E-state index contributed by atoms with van der Waals surface area (Å²) in [5.74, 6) is 1.07. The van der Waals surface area contributed by atoms with Crippen LogP contribution in [0.25, 0.3) is 0 Å². The Morgan fingerprint density at radius 2 is 2.12 bits per heavy atom. The monoisotopic (exact) mass is 291 g/mol. The van der Waals surface area contributed by atoms with Crippen LogP contribution in [0.1, 0.15) is 27.2 Å². The number of amides is 1. The lowest BCUT2D eigenvalue weighted by molar-refractivity contribution is -0.136. The van der Waals surface area contributed by atoms with Gasteiger partial charge in [0.25, 0.3) is 0 Å². The Morgan fingerprint density at radius 1 is 1.50 bits per heavy atom. The number of halogens is 1. The molecule has 1 aliphatic heterocycles. The van der Waals surface area contributed by atoms with Crippen molar-refractivity contribution < 1.29 is 9.53 Å². The van der Waals surface area contributed by atoms with E-state index in [1.165, 1.54) is 0 Å². The summed E-state index contributed by atoms with van der Waals surface area (Å²) in [6.45, 7) is 7.87. The molecule has 0 saturated carbocycles. The van der Waals surface area contributed by atoms with Crippen LogP contribution in [0, 0.1) is 11.8 Å². The maximum atomic E-state index is 12.1. The summed E-state index contributed by atoms with van der Waals surface area (Å²) in [5, 5.41) is 0. The number of piperidine rings is 1. The van der Waals surface area contributed by atoms with Gasteiger partial charge < -0.3 is 9.64 Å². The lowest BCUT2D eigenvalue weighted by atomic mass is 9.95. The van der Waals surface area contributed by atoms with E-state index in [0.29, 0.717) is 11.8 Å². The number of nitrogens with zero attached hydrogens (tertiary/aromatic N) is 1. The van der Waals surface area contributed by atoms with Gasteiger partial charge in [-0.1, -0.05) is 36.7 Å². The van der Waals surface area contributed by atoms with Gasteiger partial charge in [-0.2, -0.15) is 0 Å². The van der Waals surface area contributed by atoms with Gasteiger partial charge in [-0.15, -0.1) is 0 Å². The zero-order valence-electron chi connectivity index (χ0n) is 10.6. The predicted molar refractivity (Wildman–Crippen MR) is 68.7 cm³/mol. The second kappa shape index (κ2) is 6.01. The average Bonchev–Trinajstić information content (AvgIpc) is 2.27. The molecule has 0 N–H and O–H groups in total. The lowest BCUT2D eigenvalue weighted by Gasteiger charge is -2.37. The van der Waals surface area contributed by atoms with Crippen LogP contribution in [0.5, 0.6) is 0 Å². The van der Waals surface area contributed by atoms with Crippen molar-refractivity contribution >= 4 is 21.8 Å². The van der Waals surface area contributed by atoms with Crippen molar-refractivity contribution in [2.45, 2.75) is 38.1 Å². The molecule has 3 atom stereocenters. The topological polar surface area (TPSA) is 29.5 Å². The van der Waals surface area contributed by atoms with Gasteiger partial charge in [-0.3, -0.25) is 4.79 Å². The average molecular weight is 292 g/mol. The fraction of sp³-hybridized carbons (Fsp3) is 0.917. The fourth-order valence-corrected chi connectivity index (χ4v) is 2.29. The van der Waals surface area contributed by atoms with E-state index in [2.05, 4.69) is 36.7 Å². The Hall–Kier alpha value is -0.0900. The minimum absolute atomic E-state index is 0.0709. The molecule has 1 fully saturated rings. The first kappa shape index (κ1) is 14.0. The summed E-state index contributed by atoms with van der Waals surface area (Å²) < 4.78 is 5.41. The molecule has 1 saturated heterocycles. The number of hydrogen-bond donors (Lipinski definition) is 0. The van der Waals surface area contributed by atoms with Crippen molar-refractivity contribution in [3.63, 3.8) is 0 Å². The van der Waals surface area contributed by atoms with Crippen LogP contribution in [-0.2, 0) is 9.53 Å². The molecule has 1 heterocycles. The molecule has 0 aromatic rings. The number of hydrogen-bond acceptors (Lipinski definition) is 2. The van der Waals surface area contributed by atoms with Crippen LogP contribution in [0.2, 0.25) is 0 Å². The molecular weight excluding hydrogens is 270 g/mol. The number of ether oxygens (including phenoxy) is 1. The van der Waals surface area contributed by atoms with Crippen molar-refractivity contribution in [3.8, 4) is 0 Å². The van der Waals surface area contributed by atoms with Crippen molar-refractivity contribution in [2.24, 2.45) is 11.8 Å². The second-order valence-electron chi connectivity index (χ2n) is 4.97. The van der Waals surface area contributed by atoms with E-state index in [1.807, 2.05) is 4.90 Å². The van der Waals surface area contributed by atoms with Crippen molar-refractivity contribution in [1.29, 1.82) is 0 Å². The van der Waals surface area contributed by atoms with Crippen molar-refractivity contribution in [1.82, 2.24) is 4.90 Å². The highest BCUT2D eigenvalue weighted by molar-refractivity contribution is 9.10. The maximum Gasteiger partial charge on any atom is 0.236 e. The third-order valence-corrected chi connectivity index (χ3v) is 4.77. The molecule has 0 bridgehead atoms. The summed E-state index contributed by atoms with van der Waals surface area (Å²) in [7, 11) is 1.73. The van der Waals surface area contributed by atoms with Gasteiger partial charge in [0.1, 0.15) is 0 Å². The molecule has 3 nitrogen and oxygen atoms in total. The highest BCUT2D eigenvalue weighted by Gasteiger charge is 2.32. The Morgan fingerprint density at radius 3 is 2.62 bits per heavy atom. The minimum atomic E-state index is -0.0709. The van der Waals surface area contributed by atoms with Gasteiger partial charge in [0, 0.05) is 20.2 Å². The van der Waals surface area contributed by atoms with E-state index in [1.54, 1.807) is 7.11 Å². The first-order chi connectivity index (χ1) is 7.47. The zero-order valence-corrected chi connectivity index (χ0v) is 12.2. The van der Waals surface area contributed by atoms with Crippen LogP contribution >= 0.6 is 15.9 Å². The van der Waals surface area contributed by atoms with Gasteiger partial charge in [0.2, 0.25) is 5.91 Å². The lowest BCUT2D eigenvalue weighted by Crippen LogP contribution is -2.49. The van der Waals surface area contributed by atoms with E-state index >= 15 is 0 Å². The molecule has 0 spiro atoms. The quantitative estimate of drug-likeness (QED) is 0.747. The summed E-state index contributed by atoms with van der Waals surface area (Å²) in [5.41, 5.74) is 0. The number of alkyl halides is 1. The highest BCUT2D eigenvalue weighted by Crippen LogP contribution is 2.23. The molecule has 0 aliphatic carbocycles. The smallest absolute Gasteiger partial charge is 0.236 e. The number of carbonyl (C=O) groups excluding carboxylic acids is 1. The standard InChI is InChI=1S/C12H22BrNO2/c1-8(2)11(13)12(15)14-6-5-9(3)10(7-14)16-4/h8-11H,5-7H2,1-4H3. The SMILES string of the molecule is COC1CN(C(=O)C(Br)C(C)C)CCC1C. The largest absolute Gasteiger partial charge is 0.379 e. The maximum absolute atomic E-state index is 12.1. The third kappa shape index (κ3) is 3.20. The number of carbonyl (C=O) groups is 1. The van der Waals surface area contributed by atoms with Crippen LogP contribution in [-0.4, -0.2) is 41.9 Å². The van der Waals surface area contributed by atoms with Gasteiger partial charge in [0.05, 0.1) is 10.9 Å². The molecular formula is C12H22BrNO2. The predicted octanol–water partition coefficient (Wildman–Crippen LogP) is 2.29. The van der Waals surface area contributed by atoms with Crippen molar-refractivity contribution in [2.75, 3.05) is 20.2 Å². The van der Waals surface area contributed by atoms with E-state index in [0.717, 1.165) is 19.5 Å². The van der Waals surface area contributed by atoms with Gasteiger partial charge >= 0.3 is 0 Å². The number of likely N-dealkylation sites (tertiary alicyclic amines) is 1. The molecule has 1 rings (SSSR count). The Balaban J connectivity index is 2.58. The molecule has 0 aromatic heterocycles. The first-order valence-electron chi connectivity index (χ1n) is 5.93. The van der Waals surface area contributed by atoms with Crippen molar-refractivity contribution in [3.05, 3.63) is 0 Å². The Labute approximate surface area is 107 Å². The van der Waals surface area contributed by atoms with E-state index < -0.39 is 0 Å². The third-order valence-electron chi connectivity index (χ3n) is 3.33. The van der Waals surface area contributed by atoms with Crippen LogP contribution in [0.15, 0.2) is 0 Å². The number of rotatable bonds is 3. The summed E-state index contributed by atoms with van der Waals surface area (Å²) in [6.07, 6.45) is 1.21. The van der Waals surface area contributed by atoms with E-state index in [4.69, 9.17) is 4.74 Å².